The molecule has 2 aromatic rings. The van der Waals surface area contributed by atoms with Crippen molar-refractivity contribution in [2.45, 2.75) is 38.4 Å². The van der Waals surface area contributed by atoms with Gasteiger partial charge in [-0.15, -0.1) is 0 Å². The summed E-state index contributed by atoms with van der Waals surface area (Å²) in [7, 11) is 0. The molecule has 3 rings (SSSR count). The fourth-order valence-electron chi connectivity index (χ4n) is 3.25. The van der Waals surface area contributed by atoms with Gasteiger partial charge in [-0.25, -0.2) is 0 Å². The Kier molecular flexibility index (Phi) is 6.07. The first-order chi connectivity index (χ1) is 12.1. The van der Waals surface area contributed by atoms with Gasteiger partial charge in [-0.1, -0.05) is 35.0 Å². The van der Waals surface area contributed by atoms with Crippen molar-refractivity contribution in [2.24, 2.45) is 0 Å². The summed E-state index contributed by atoms with van der Waals surface area (Å²) in [5, 5.41) is 5.13. The molecule has 1 amide bonds. The second kappa shape index (κ2) is 8.28. The zero-order valence-corrected chi connectivity index (χ0v) is 16.2. The summed E-state index contributed by atoms with van der Waals surface area (Å²) < 4.78 is 5.18. The normalized spacial score (nSPS) is 18.2. The van der Waals surface area contributed by atoms with Gasteiger partial charge in [0.15, 0.2) is 0 Å². The molecule has 0 N–H and O–H groups in total. The monoisotopic (exact) mass is 378 g/mol. The molecule has 0 spiro atoms. The lowest BCUT2D eigenvalue weighted by atomic mass is 10.1. The molecule has 0 unspecified atom stereocenters. The van der Waals surface area contributed by atoms with Crippen molar-refractivity contribution in [3.8, 4) is 0 Å². The van der Waals surface area contributed by atoms with E-state index < -0.39 is 0 Å². The van der Waals surface area contributed by atoms with Crippen LogP contribution in [0, 0.1) is 13.8 Å². The number of aromatic nitrogens is 1. The van der Waals surface area contributed by atoms with Crippen LogP contribution >= 0.6 is 23.4 Å². The van der Waals surface area contributed by atoms with Crippen molar-refractivity contribution >= 4 is 29.3 Å². The third-order valence-corrected chi connectivity index (χ3v) is 6.37. The third kappa shape index (κ3) is 4.39. The van der Waals surface area contributed by atoms with E-state index >= 15 is 0 Å². The Morgan fingerprint density at radius 2 is 2.16 bits per heavy atom. The summed E-state index contributed by atoms with van der Waals surface area (Å²) in [5.74, 6) is 1.96. The summed E-state index contributed by atoms with van der Waals surface area (Å²) in [6, 6.07) is 8.01. The number of rotatable bonds is 4. The highest BCUT2D eigenvalue weighted by atomic mass is 35.5. The molecule has 0 bridgehead atoms. The van der Waals surface area contributed by atoms with Gasteiger partial charge < -0.3 is 9.42 Å². The minimum absolute atomic E-state index is 0.209. The van der Waals surface area contributed by atoms with Gasteiger partial charge in [0.1, 0.15) is 5.76 Å². The zero-order valence-electron chi connectivity index (χ0n) is 14.6. The molecule has 1 aromatic heterocycles. The number of carbonyl (C=O) groups excluding carboxylic acids is 1. The van der Waals surface area contributed by atoms with Crippen LogP contribution in [0.2, 0.25) is 5.02 Å². The maximum Gasteiger partial charge on any atom is 0.222 e. The largest absolute Gasteiger partial charge is 0.361 e. The molecule has 2 heterocycles. The average Bonchev–Trinajstić information content (AvgIpc) is 2.79. The van der Waals surface area contributed by atoms with Crippen LogP contribution in [0.3, 0.4) is 0 Å². The van der Waals surface area contributed by atoms with Crippen molar-refractivity contribution in [1.82, 2.24) is 10.1 Å². The van der Waals surface area contributed by atoms with Crippen molar-refractivity contribution in [1.29, 1.82) is 0 Å². The summed E-state index contributed by atoms with van der Waals surface area (Å²) >= 11 is 8.23. The summed E-state index contributed by atoms with van der Waals surface area (Å²) in [6.45, 7) is 5.40. The highest BCUT2D eigenvalue weighted by Gasteiger charge is 2.23. The maximum absolute atomic E-state index is 12.6. The second-order valence-electron chi connectivity index (χ2n) is 6.35. The van der Waals surface area contributed by atoms with E-state index in [0.717, 1.165) is 47.3 Å². The minimum atomic E-state index is 0.209. The van der Waals surface area contributed by atoms with E-state index in [-0.39, 0.29) is 5.91 Å². The van der Waals surface area contributed by atoms with Crippen molar-refractivity contribution in [3.05, 3.63) is 51.9 Å². The van der Waals surface area contributed by atoms with Crippen LogP contribution in [-0.4, -0.2) is 34.8 Å². The first kappa shape index (κ1) is 18.3. The molecule has 0 radical (unpaired) electrons. The molecule has 0 saturated carbocycles. The lowest BCUT2D eigenvalue weighted by Crippen LogP contribution is -2.33. The third-order valence-electron chi connectivity index (χ3n) is 4.72. The zero-order chi connectivity index (χ0) is 17.8. The van der Waals surface area contributed by atoms with E-state index in [9.17, 15) is 4.79 Å². The smallest absolute Gasteiger partial charge is 0.222 e. The topological polar surface area (TPSA) is 46.3 Å². The average molecular weight is 379 g/mol. The fourth-order valence-corrected chi connectivity index (χ4v) is 4.85. The number of hydrogen-bond acceptors (Lipinski definition) is 4. The first-order valence-electron chi connectivity index (χ1n) is 8.62. The Morgan fingerprint density at radius 1 is 1.36 bits per heavy atom. The van der Waals surface area contributed by atoms with E-state index in [1.54, 1.807) is 0 Å². The van der Waals surface area contributed by atoms with Crippen molar-refractivity contribution in [2.75, 3.05) is 18.8 Å². The number of aryl methyl sites for hydroxylation is 2. The highest BCUT2D eigenvalue weighted by Crippen LogP contribution is 2.37. The fraction of sp³-hybridized carbons (Fsp3) is 0.474. The van der Waals surface area contributed by atoms with Crippen LogP contribution in [0.4, 0.5) is 0 Å². The number of halogens is 1. The van der Waals surface area contributed by atoms with E-state index in [4.69, 9.17) is 16.1 Å². The number of hydrogen-bond donors (Lipinski definition) is 0. The molecular weight excluding hydrogens is 356 g/mol. The summed E-state index contributed by atoms with van der Waals surface area (Å²) in [6.07, 6.45) is 2.13. The van der Waals surface area contributed by atoms with Gasteiger partial charge in [0, 0.05) is 41.1 Å². The quantitative estimate of drug-likeness (QED) is 0.780. The lowest BCUT2D eigenvalue weighted by molar-refractivity contribution is -0.130. The van der Waals surface area contributed by atoms with Crippen LogP contribution < -0.4 is 0 Å². The molecule has 1 aliphatic rings. The van der Waals surface area contributed by atoms with Gasteiger partial charge in [0.2, 0.25) is 5.91 Å². The van der Waals surface area contributed by atoms with E-state index in [0.29, 0.717) is 18.1 Å². The Hall–Kier alpha value is -1.46. The SMILES string of the molecule is Cc1noc(C)c1CCC(=O)N1CCS[C@H](c2ccccc2Cl)CC1. The molecule has 6 heteroatoms. The number of carbonyl (C=O) groups is 1. The first-order valence-corrected chi connectivity index (χ1v) is 10.0. The van der Waals surface area contributed by atoms with Crippen molar-refractivity contribution < 1.29 is 9.32 Å². The number of nitrogens with zero attached hydrogens (tertiary/aromatic N) is 2. The maximum atomic E-state index is 12.6. The molecule has 134 valence electrons. The molecular formula is C19H23ClN2O2S. The van der Waals surface area contributed by atoms with Crippen LogP contribution in [0.1, 0.15) is 40.7 Å². The van der Waals surface area contributed by atoms with E-state index in [2.05, 4.69) is 11.2 Å². The molecule has 1 saturated heterocycles. The van der Waals surface area contributed by atoms with Gasteiger partial charge in [0.05, 0.1) is 5.69 Å². The van der Waals surface area contributed by atoms with Crippen LogP contribution in [-0.2, 0) is 11.2 Å². The highest BCUT2D eigenvalue weighted by molar-refractivity contribution is 7.99. The second-order valence-corrected chi connectivity index (χ2v) is 8.07. The summed E-state index contributed by atoms with van der Waals surface area (Å²) in [5.41, 5.74) is 3.13. The Bertz CT molecular complexity index is 727. The predicted molar refractivity (Wildman–Crippen MR) is 102 cm³/mol. The van der Waals surface area contributed by atoms with Crippen LogP contribution in [0.25, 0.3) is 0 Å². The summed E-state index contributed by atoms with van der Waals surface area (Å²) in [4.78, 5) is 14.6. The predicted octanol–water partition coefficient (Wildman–Crippen LogP) is 4.58. The Balaban J connectivity index is 1.57. The molecule has 1 fully saturated rings. The number of benzene rings is 1. The molecule has 1 aliphatic heterocycles. The van der Waals surface area contributed by atoms with Gasteiger partial charge in [-0.2, -0.15) is 11.8 Å². The van der Waals surface area contributed by atoms with E-state index in [1.165, 1.54) is 5.56 Å². The molecule has 25 heavy (non-hydrogen) atoms. The van der Waals surface area contributed by atoms with Crippen molar-refractivity contribution in [3.63, 3.8) is 0 Å². The Morgan fingerprint density at radius 3 is 2.88 bits per heavy atom. The molecule has 1 atom stereocenters. The minimum Gasteiger partial charge on any atom is -0.361 e. The molecule has 0 aliphatic carbocycles. The van der Waals surface area contributed by atoms with Gasteiger partial charge in [-0.3, -0.25) is 4.79 Å². The van der Waals surface area contributed by atoms with Crippen LogP contribution in [0.15, 0.2) is 28.8 Å². The Labute approximate surface area is 157 Å². The number of amides is 1. The molecule has 4 nitrogen and oxygen atoms in total. The van der Waals surface area contributed by atoms with E-state index in [1.807, 2.05) is 48.7 Å². The van der Waals surface area contributed by atoms with Gasteiger partial charge in [0.25, 0.3) is 0 Å². The van der Waals surface area contributed by atoms with Gasteiger partial charge >= 0.3 is 0 Å². The van der Waals surface area contributed by atoms with Gasteiger partial charge in [-0.05, 0) is 38.3 Å². The number of thioether (sulfide) groups is 1. The molecule has 1 aromatic carbocycles. The van der Waals surface area contributed by atoms with Crippen LogP contribution in [0.5, 0.6) is 0 Å². The standard InChI is InChI=1S/C19H23ClN2O2S/c1-13-15(14(2)24-21-13)7-8-19(23)22-10-9-18(25-12-11-22)16-5-3-4-6-17(16)20/h3-6,18H,7-12H2,1-2H3/t18-/m0/s1. The lowest BCUT2D eigenvalue weighted by Gasteiger charge is -2.20.